The molecule has 2 aromatic carbocycles. The first kappa shape index (κ1) is 15.0. The number of anilines is 1. The molecule has 2 N–H and O–H groups in total. The molecule has 0 unspecified atom stereocenters. The van der Waals surface area contributed by atoms with Gasteiger partial charge in [-0.1, -0.05) is 48.0 Å². The average Bonchev–Trinajstić information content (AvgIpc) is 3.05. The SMILES string of the molecule is Cc1ccc([C@@H]2Nc3c(C)ccc(C(=O)O)c3[C@H]3C=CC[C@@H]32)cc1. The monoisotopic (exact) mass is 319 g/mol. The van der Waals surface area contributed by atoms with Crippen LogP contribution >= 0.6 is 0 Å². The molecule has 1 aliphatic heterocycles. The van der Waals surface area contributed by atoms with Crippen LogP contribution in [0.4, 0.5) is 5.69 Å². The number of rotatable bonds is 2. The summed E-state index contributed by atoms with van der Waals surface area (Å²) in [4.78, 5) is 11.7. The minimum Gasteiger partial charge on any atom is -0.478 e. The van der Waals surface area contributed by atoms with Gasteiger partial charge in [-0.2, -0.15) is 0 Å². The molecule has 3 heteroatoms. The number of allylic oxidation sites excluding steroid dienone is 2. The molecule has 0 saturated heterocycles. The fourth-order valence-electron chi connectivity index (χ4n) is 4.15. The number of hydrogen-bond acceptors (Lipinski definition) is 2. The number of carboxylic acid groups (broad SMARTS) is 1. The van der Waals surface area contributed by atoms with Crippen molar-refractivity contribution in [1.29, 1.82) is 0 Å². The highest BCUT2D eigenvalue weighted by Gasteiger charge is 2.40. The Morgan fingerprint density at radius 3 is 2.58 bits per heavy atom. The molecule has 0 bridgehead atoms. The van der Waals surface area contributed by atoms with Gasteiger partial charge < -0.3 is 10.4 Å². The van der Waals surface area contributed by atoms with Gasteiger partial charge in [0.15, 0.2) is 0 Å². The third-order valence-electron chi connectivity index (χ3n) is 5.39. The van der Waals surface area contributed by atoms with E-state index in [1.807, 2.05) is 13.0 Å². The normalized spacial score (nSPS) is 24.2. The number of aromatic carboxylic acids is 1. The lowest BCUT2D eigenvalue weighted by Gasteiger charge is -2.39. The minimum absolute atomic E-state index is 0.165. The number of carbonyl (C=O) groups is 1. The molecule has 2 aliphatic rings. The molecular weight excluding hydrogens is 298 g/mol. The van der Waals surface area contributed by atoms with E-state index in [0.717, 1.165) is 23.2 Å². The van der Waals surface area contributed by atoms with Crippen LogP contribution < -0.4 is 5.32 Å². The first-order valence-corrected chi connectivity index (χ1v) is 8.43. The smallest absolute Gasteiger partial charge is 0.336 e. The van der Waals surface area contributed by atoms with Crippen molar-refractivity contribution < 1.29 is 9.90 Å². The molecule has 1 aliphatic carbocycles. The predicted octanol–water partition coefficient (Wildman–Crippen LogP) is 4.83. The molecule has 0 amide bonds. The van der Waals surface area contributed by atoms with Gasteiger partial charge in [-0.25, -0.2) is 4.79 Å². The first-order valence-electron chi connectivity index (χ1n) is 8.43. The summed E-state index contributed by atoms with van der Waals surface area (Å²) in [5.41, 5.74) is 5.99. The molecule has 0 radical (unpaired) electrons. The van der Waals surface area contributed by atoms with E-state index in [1.165, 1.54) is 11.1 Å². The van der Waals surface area contributed by atoms with E-state index in [-0.39, 0.29) is 12.0 Å². The maximum atomic E-state index is 11.7. The Labute approximate surface area is 142 Å². The van der Waals surface area contributed by atoms with Crippen molar-refractivity contribution in [2.75, 3.05) is 5.32 Å². The van der Waals surface area contributed by atoms with E-state index in [2.05, 4.69) is 48.7 Å². The van der Waals surface area contributed by atoms with Crippen LogP contribution in [0.25, 0.3) is 0 Å². The summed E-state index contributed by atoms with van der Waals surface area (Å²) < 4.78 is 0. The fraction of sp³-hybridized carbons (Fsp3) is 0.286. The van der Waals surface area contributed by atoms with Crippen molar-refractivity contribution in [2.24, 2.45) is 5.92 Å². The predicted molar refractivity (Wildman–Crippen MR) is 95.7 cm³/mol. The number of hydrogen-bond donors (Lipinski definition) is 2. The lowest BCUT2D eigenvalue weighted by Crippen LogP contribution is -2.31. The van der Waals surface area contributed by atoms with E-state index in [9.17, 15) is 9.90 Å². The highest BCUT2D eigenvalue weighted by molar-refractivity contribution is 5.93. The molecule has 0 spiro atoms. The maximum Gasteiger partial charge on any atom is 0.336 e. The van der Waals surface area contributed by atoms with Crippen molar-refractivity contribution in [1.82, 2.24) is 0 Å². The highest BCUT2D eigenvalue weighted by atomic mass is 16.4. The van der Waals surface area contributed by atoms with Gasteiger partial charge in [0.1, 0.15) is 0 Å². The summed E-state index contributed by atoms with van der Waals surface area (Å²) in [5.74, 6) is -0.320. The fourth-order valence-corrected chi connectivity index (χ4v) is 4.15. The summed E-state index contributed by atoms with van der Waals surface area (Å²) >= 11 is 0. The summed E-state index contributed by atoms with van der Waals surface area (Å²) in [6.45, 7) is 4.14. The summed E-state index contributed by atoms with van der Waals surface area (Å²) in [5, 5.41) is 13.3. The minimum atomic E-state index is -0.846. The third kappa shape index (κ3) is 2.23. The van der Waals surface area contributed by atoms with Gasteiger partial charge in [0.25, 0.3) is 0 Å². The largest absolute Gasteiger partial charge is 0.478 e. The van der Waals surface area contributed by atoms with Gasteiger partial charge in [0.2, 0.25) is 0 Å². The molecule has 0 aromatic heterocycles. The molecular formula is C21H21NO2. The van der Waals surface area contributed by atoms with Gasteiger partial charge in [-0.05, 0) is 48.9 Å². The Kier molecular flexibility index (Phi) is 3.45. The molecule has 4 rings (SSSR count). The van der Waals surface area contributed by atoms with Gasteiger partial charge >= 0.3 is 5.97 Å². The number of benzene rings is 2. The number of nitrogens with one attached hydrogen (secondary N) is 1. The molecule has 0 saturated carbocycles. The Morgan fingerprint density at radius 2 is 1.88 bits per heavy atom. The summed E-state index contributed by atoms with van der Waals surface area (Å²) in [7, 11) is 0. The zero-order valence-electron chi connectivity index (χ0n) is 13.9. The van der Waals surface area contributed by atoms with Gasteiger partial charge in [-0.15, -0.1) is 0 Å². The Hall–Kier alpha value is -2.55. The van der Waals surface area contributed by atoms with Crippen LogP contribution in [0.1, 0.15) is 51.0 Å². The van der Waals surface area contributed by atoms with E-state index in [0.29, 0.717) is 11.5 Å². The molecule has 1 heterocycles. The van der Waals surface area contributed by atoms with Crippen LogP contribution in [0.15, 0.2) is 48.6 Å². The number of carboxylic acids is 1. The first-order chi connectivity index (χ1) is 11.6. The maximum absolute atomic E-state index is 11.7. The number of fused-ring (bicyclic) bond motifs is 3. The number of aryl methyl sites for hydroxylation is 2. The summed E-state index contributed by atoms with van der Waals surface area (Å²) in [6.07, 6.45) is 5.36. The van der Waals surface area contributed by atoms with E-state index in [4.69, 9.17) is 0 Å². The molecule has 3 atom stereocenters. The van der Waals surface area contributed by atoms with Gasteiger partial charge in [0.05, 0.1) is 11.6 Å². The second-order valence-corrected chi connectivity index (χ2v) is 6.91. The average molecular weight is 319 g/mol. The molecule has 122 valence electrons. The van der Waals surface area contributed by atoms with Crippen molar-refractivity contribution in [2.45, 2.75) is 32.2 Å². The zero-order chi connectivity index (χ0) is 16.8. The van der Waals surface area contributed by atoms with Crippen molar-refractivity contribution >= 4 is 11.7 Å². The van der Waals surface area contributed by atoms with E-state index in [1.54, 1.807) is 6.07 Å². The molecule has 3 nitrogen and oxygen atoms in total. The lowest BCUT2D eigenvalue weighted by atomic mass is 9.74. The van der Waals surface area contributed by atoms with Gasteiger partial charge in [-0.3, -0.25) is 0 Å². The van der Waals surface area contributed by atoms with Crippen LogP contribution in [-0.2, 0) is 0 Å². The second kappa shape index (κ2) is 5.52. The van der Waals surface area contributed by atoms with Crippen molar-refractivity contribution in [3.8, 4) is 0 Å². The quantitative estimate of drug-likeness (QED) is 0.780. The van der Waals surface area contributed by atoms with Gasteiger partial charge in [0, 0.05) is 11.6 Å². The molecule has 24 heavy (non-hydrogen) atoms. The van der Waals surface area contributed by atoms with E-state index >= 15 is 0 Å². The van der Waals surface area contributed by atoms with Crippen LogP contribution in [0.3, 0.4) is 0 Å². The van der Waals surface area contributed by atoms with Crippen LogP contribution in [0, 0.1) is 19.8 Å². The second-order valence-electron chi connectivity index (χ2n) is 6.91. The topological polar surface area (TPSA) is 49.3 Å². The van der Waals surface area contributed by atoms with E-state index < -0.39 is 5.97 Å². The third-order valence-corrected chi connectivity index (χ3v) is 5.39. The zero-order valence-corrected chi connectivity index (χ0v) is 13.9. The Morgan fingerprint density at radius 1 is 1.12 bits per heavy atom. The van der Waals surface area contributed by atoms with Crippen molar-refractivity contribution in [3.63, 3.8) is 0 Å². The highest BCUT2D eigenvalue weighted by Crippen LogP contribution is 2.51. The molecule has 0 fully saturated rings. The summed E-state index contributed by atoms with van der Waals surface area (Å²) in [6, 6.07) is 12.5. The Bertz CT molecular complexity index is 836. The van der Waals surface area contributed by atoms with Crippen molar-refractivity contribution in [3.05, 3.63) is 76.4 Å². The lowest BCUT2D eigenvalue weighted by molar-refractivity contribution is 0.0695. The van der Waals surface area contributed by atoms with Crippen LogP contribution in [-0.4, -0.2) is 11.1 Å². The van der Waals surface area contributed by atoms with Crippen LogP contribution in [0.5, 0.6) is 0 Å². The van der Waals surface area contributed by atoms with Crippen LogP contribution in [0.2, 0.25) is 0 Å². The standard InChI is InChI=1S/C21H21NO2/c1-12-6-9-14(10-7-12)20-16-5-3-4-15(16)18-17(21(23)24)11-8-13(2)19(18)22-20/h3-4,6-11,15-16,20,22H,5H2,1-2H3,(H,23,24)/t15-,16-,20-/m0/s1. The molecule has 2 aromatic rings. The Balaban J connectivity index is 1.86.